The molecule has 28 heavy (non-hydrogen) atoms. The summed E-state index contributed by atoms with van der Waals surface area (Å²) in [5.74, 6) is 1.48. The second kappa shape index (κ2) is 11.8. The lowest BCUT2D eigenvalue weighted by Crippen LogP contribution is -2.42. The Morgan fingerprint density at radius 2 is 1.89 bits per heavy atom. The van der Waals surface area contributed by atoms with Gasteiger partial charge in [-0.25, -0.2) is 13.1 Å². The van der Waals surface area contributed by atoms with Gasteiger partial charge in [-0.05, 0) is 29.8 Å². The molecule has 0 saturated carbocycles. The van der Waals surface area contributed by atoms with Gasteiger partial charge in [0.05, 0.1) is 11.4 Å². The highest BCUT2D eigenvalue weighted by Gasteiger charge is 2.16. The van der Waals surface area contributed by atoms with E-state index in [1.54, 1.807) is 20.2 Å². The van der Waals surface area contributed by atoms with Crippen LogP contribution in [0.25, 0.3) is 0 Å². The third-order valence-corrected chi connectivity index (χ3v) is 6.85. The number of benzene rings is 1. The Balaban J connectivity index is 0.00000392. The second-order valence-corrected chi connectivity index (χ2v) is 9.34. The van der Waals surface area contributed by atoms with Crippen LogP contribution in [-0.2, 0) is 16.6 Å². The molecule has 7 nitrogen and oxygen atoms in total. The highest BCUT2D eigenvalue weighted by Crippen LogP contribution is 2.25. The number of nitrogens with zero attached hydrogens (tertiary/aromatic N) is 2. The normalized spacial score (nSPS) is 11.6. The summed E-state index contributed by atoms with van der Waals surface area (Å²) in [4.78, 5) is 6.18. The van der Waals surface area contributed by atoms with Crippen molar-refractivity contribution in [2.75, 3.05) is 34.3 Å². The molecule has 2 aromatic rings. The van der Waals surface area contributed by atoms with Crippen molar-refractivity contribution >= 4 is 62.9 Å². The molecular weight excluding hydrogens is 535 g/mol. The van der Waals surface area contributed by atoms with Crippen LogP contribution in [0.2, 0.25) is 4.34 Å². The summed E-state index contributed by atoms with van der Waals surface area (Å²) in [6, 6.07) is 10.8. The molecule has 0 spiro atoms. The quantitative estimate of drug-likeness (QED) is 0.225. The van der Waals surface area contributed by atoms with E-state index >= 15 is 0 Å². The predicted molar refractivity (Wildman–Crippen MR) is 126 cm³/mol. The van der Waals surface area contributed by atoms with Gasteiger partial charge in [0.15, 0.2) is 5.96 Å². The van der Waals surface area contributed by atoms with Gasteiger partial charge in [-0.1, -0.05) is 23.7 Å². The van der Waals surface area contributed by atoms with Crippen LogP contribution in [0.1, 0.15) is 5.56 Å². The SMILES string of the molecule is CN=C(NCCNS(=O)(=O)c1ccc(Cl)s1)N(C)Cc1ccc(OC)cc1.I. The predicted octanol–water partition coefficient (Wildman–Crippen LogP) is 3.01. The largest absolute Gasteiger partial charge is 0.497 e. The molecule has 1 aromatic carbocycles. The summed E-state index contributed by atoms with van der Waals surface area (Å²) < 4.78 is 32.6. The average Bonchev–Trinajstić information content (AvgIpc) is 3.09. The van der Waals surface area contributed by atoms with Gasteiger partial charge in [0.25, 0.3) is 0 Å². The highest BCUT2D eigenvalue weighted by molar-refractivity contribution is 14.0. The van der Waals surface area contributed by atoms with E-state index < -0.39 is 10.0 Å². The summed E-state index contributed by atoms with van der Waals surface area (Å²) in [5, 5.41) is 3.14. The molecule has 0 aliphatic rings. The first-order valence-electron chi connectivity index (χ1n) is 8.15. The average molecular weight is 559 g/mol. The van der Waals surface area contributed by atoms with Crippen molar-refractivity contribution in [2.24, 2.45) is 4.99 Å². The van der Waals surface area contributed by atoms with Crippen molar-refractivity contribution in [3.05, 3.63) is 46.3 Å². The number of aliphatic imine (C=N–C) groups is 1. The number of rotatable bonds is 8. The van der Waals surface area contributed by atoms with E-state index in [9.17, 15) is 8.42 Å². The van der Waals surface area contributed by atoms with E-state index in [0.29, 0.717) is 23.4 Å². The molecule has 0 aliphatic carbocycles. The van der Waals surface area contributed by atoms with E-state index in [4.69, 9.17) is 16.3 Å². The van der Waals surface area contributed by atoms with Gasteiger partial charge < -0.3 is 15.0 Å². The number of guanidine groups is 1. The number of hydrogen-bond donors (Lipinski definition) is 2. The zero-order valence-corrected chi connectivity index (χ0v) is 20.5. The maximum Gasteiger partial charge on any atom is 0.250 e. The van der Waals surface area contributed by atoms with Crippen LogP contribution in [0.3, 0.4) is 0 Å². The van der Waals surface area contributed by atoms with Crippen LogP contribution >= 0.6 is 46.9 Å². The summed E-state index contributed by atoms with van der Waals surface area (Å²) in [6.07, 6.45) is 0. The lowest BCUT2D eigenvalue weighted by atomic mass is 10.2. The number of methoxy groups -OCH3 is 1. The fourth-order valence-corrected chi connectivity index (χ4v) is 4.90. The van der Waals surface area contributed by atoms with Crippen LogP contribution in [0.5, 0.6) is 5.75 Å². The van der Waals surface area contributed by atoms with E-state index in [1.807, 2.05) is 36.2 Å². The molecule has 2 rings (SSSR count). The minimum absolute atomic E-state index is 0. The molecule has 156 valence electrons. The molecule has 0 unspecified atom stereocenters. The standard InChI is InChI=1S/C17H23ClN4O3S2.HI/c1-19-17(22(2)12-13-4-6-14(25-3)7-5-13)20-10-11-21-27(23,24)16-9-8-15(18)26-16;/h4-9,21H,10-12H2,1-3H3,(H,19,20);1H. The Morgan fingerprint density at radius 1 is 1.21 bits per heavy atom. The smallest absolute Gasteiger partial charge is 0.250 e. The monoisotopic (exact) mass is 558 g/mol. The van der Waals surface area contributed by atoms with Crippen molar-refractivity contribution in [2.45, 2.75) is 10.8 Å². The summed E-state index contributed by atoms with van der Waals surface area (Å²) in [7, 11) is 1.69. The number of halogens is 2. The van der Waals surface area contributed by atoms with Crippen LogP contribution in [-0.4, -0.2) is 53.6 Å². The number of thiophene rings is 1. The Hall–Kier alpha value is -1.08. The molecule has 0 atom stereocenters. The Bertz CT molecular complexity index is 873. The maximum absolute atomic E-state index is 12.1. The third-order valence-electron chi connectivity index (χ3n) is 3.67. The third kappa shape index (κ3) is 7.39. The number of ether oxygens (including phenoxy) is 1. The van der Waals surface area contributed by atoms with E-state index in [0.717, 1.165) is 22.6 Å². The maximum atomic E-state index is 12.1. The first-order valence-corrected chi connectivity index (χ1v) is 10.8. The van der Waals surface area contributed by atoms with E-state index in [-0.39, 0.29) is 34.7 Å². The van der Waals surface area contributed by atoms with E-state index in [1.165, 1.54) is 6.07 Å². The Morgan fingerprint density at radius 3 is 2.43 bits per heavy atom. The molecule has 0 amide bonds. The molecule has 0 aliphatic heterocycles. The number of sulfonamides is 1. The van der Waals surface area contributed by atoms with Gasteiger partial charge in [0, 0.05) is 33.7 Å². The lowest BCUT2D eigenvalue weighted by Gasteiger charge is -2.22. The summed E-state index contributed by atoms with van der Waals surface area (Å²) in [6.45, 7) is 1.29. The lowest BCUT2D eigenvalue weighted by molar-refractivity contribution is 0.414. The van der Waals surface area contributed by atoms with Gasteiger partial charge in [-0.3, -0.25) is 4.99 Å². The minimum Gasteiger partial charge on any atom is -0.497 e. The van der Waals surface area contributed by atoms with Gasteiger partial charge >= 0.3 is 0 Å². The minimum atomic E-state index is -3.54. The fourth-order valence-electron chi connectivity index (χ4n) is 2.34. The molecule has 1 heterocycles. The van der Waals surface area contributed by atoms with Gasteiger partial charge in [0.2, 0.25) is 10.0 Å². The van der Waals surface area contributed by atoms with Crippen molar-refractivity contribution in [1.82, 2.24) is 14.9 Å². The molecule has 2 N–H and O–H groups in total. The molecule has 0 bridgehead atoms. The Kier molecular flexibility index (Phi) is 10.5. The van der Waals surface area contributed by atoms with Crippen molar-refractivity contribution in [3.8, 4) is 5.75 Å². The van der Waals surface area contributed by atoms with Crippen molar-refractivity contribution in [1.29, 1.82) is 0 Å². The molecule has 0 saturated heterocycles. The zero-order chi connectivity index (χ0) is 19.9. The zero-order valence-electron chi connectivity index (χ0n) is 15.8. The molecule has 0 fully saturated rings. The van der Waals surface area contributed by atoms with Gasteiger partial charge in [-0.2, -0.15) is 0 Å². The highest BCUT2D eigenvalue weighted by atomic mass is 127. The van der Waals surface area contributed by atoms with Crippen LogP contribution in [0.15, 0.2) is 45.6 Å². The second-order valence-electron chi connectivity index (χ2n) is 5.63. The van der Waals surface area contributed by atoms with Crippen molar-refractivity contribution in [3.63, 3.8) is 0 Å². The molecule has 0 radical (unpaired) electrons. The van der Waals surface area contributed by atoms with Crippen LogP contribution in [0, 0.1) is 0 Å². The first kappa shape index (κ1) is 25.0. The molecular formula is C17H24ClIN4O3S2. The van der Waals surface area contributed by atoms with Crippen LogP contribution in [0.4, 0.5) is 0 Å². The fraction of sp³-hybridized carbons (Fsp3) is 0.353. The molecule has 11 heteroatoms. The van der Waals surface area contributed by atoms with Crippen LogP contribution < -0.4 is 14.8 Å². The number of hydrogen-bond acceptors (Lipinski definition) is 5. The number of nitrogens with one attached hydrogen (secondary N) is 2. The summed E-state index contributed by atoms with van der Waals surface area (Å²) >= 11 is 6.82. The van der Waals surface area contributed by atoms with Gasteiger partial charge in [-0.15, -0.1) is 35.3 Å². The topological polar surface area (TPSA) is 83.0 Å². The Labute approximate surface area is 192 Å². The van der Waals surface area contributed by atoms with E-state index in [2.05, 4.69) is 15.0 Å². The first-order chi connectivity index (χ1) is 12.9. The summed E-state index contributed by atoms with van der Waals surface area (Å²) in [5.41, 5.74) is 1.11. The van der Waals surface area contributed by atoms with Gasteiger partial charge in [0.1, 0.15) is 9.96 Å². The molecule has 1 aromatic heterocycles. The van der Waals surface area contributed by atoms with Crippen molar-refractivity contribution < 1.29 is 13.2 Å².